The minimum absolute atomic E-state index is 0.0862. The Morgan fingerprint density at radius 1 is 0.897 bits per heavy atom. The van der Waals surface area contributed by atoms with Crippen LogP contribution in [0.25, 0.3) is 0 Å². The fraction of sp³-hybridized carbons (Fsp3) is 0.280. The van der Waals surface area contributed by atoms with Crippen molar-refractivity contribution in [2.45, 2.75) is 19.3 Å². The van der Waals surface area contributed by atoms with Gasteiger partial charge in [0.2, 0.25) is 5.91 Å². The first-order chi connectivity index (χ1) is 14.2. The Labute approximate surface area is 172 Å². The largest absolute Gasteiger partial charge is 0.368 e. The first-order valence-electron chi connectivity index (χ1n) is 10.3. The number of carbonyl (C=O) groups excluding carboxylic acids is 1. The van der Waals surface area contributed by atoms with Gasteiger partial charge in [-0.3, -0.25) is 9.78 Å². The molecule has 0 spiro atoms. The molecule has 0 radical (unpaired) electrons. The summed E-state index contributed by atoms with van der Waals surface area (Å²) in [4.78, 5) is 21.6. The number of aromatic nitrogens is 1. The summed E-state index contributed by atoms with van der Waals surface area (Å²) in [6.07, 6.45) is 4.14. The van der Waals surface area contributed by atoms with Crippen molar-refractivity contribution in [1.29, 1.82) is 0 Å². The van der Waals surface area contributed by atoms with Crippen molar-refractivity contribution in [3.8, 4) is 0 Å². The molecule has 4 heteroatoms. The lowest BCUT2D eigenvalue weighted by atomic mass is 9.85. The predicted molar refractivity (Wildman–Crippen MR) is 117 cm³/mol. The Balaban J connectivity index is 1.47. The van der Waals surface area contributed by atoms with Crippen molar-refractivity contribution < 1.29 is 4.79 Å². The van der Waals surface area contributed by atoms with Crippen molar-refractivity contribution in [2.75, 3.05) is 31.1 Å². The van der Waals surface area contributed by atoms with Crippen LogP contribution in [-0.4, -0.2) is 42.0 Å². The zero-order chi connectivity index (χ0) is 20.1. The number of benzene rings is 2. The number of amides is 1. The maximum absolute atomic E-state index is 13.2. The summed E-state index contributed by atoms with van der Waals surface area (Å²) in [5.74, 6) is 0.319. The molecule has 3 aromatic rings. The average Bonchev–Trinajstić information content (AvgIpc) is 2.79. The summed E-state index contributed by atoms with van der Waals surface area (Å²) in [5, 5.41) is 0. The Morgan fingerprint density at radius 2 is 1.55 bits per heavy atom. The van der Waals surface area contributed by atoms with Crippen molar-refractivity contribution in [3.05, 3.63) is 95.8 Å². The van der Waals surface area contributed by atoms with Gasteiger partial charge in [-0.2, -0.15) is 0 Å². The van der Waals surface area contributed by atoms with E-state index >= 15 is 0 Å². The van der Waals surface area contributed by atoms with Crippen LogP contribution in [0.2, 0.25) is 0 Å². The normalized spacial score (nSPS) is 15.2. The quantitative estimate of drug-likeness (QED) is 0.658. The van der Waals surface area contributed by atoms with Crippen LogP contribution in [0, 0.1) is 6.92 Å². The maximum atomic E-state index is 13.2. The summed E-state index contributed by atoms with van der Waals surface area (Å²) in [6.45, 7) is 5.36. The molecular formula is C25H27N3O. The van der Waals surface area contributed by atoms with Gasteiger partial charge in [0.25, 0.3) is 0 Å². The Hall–Kier alpha value is -3.14. The van der Waals surface area contributed by atoms with Gasteiger partial charge in [0.1, 0.15) is 0 Å². The second-order valence-corrected chi connectivity index (χ2v) is 7.60. The Kier molecular flexibility index (Phi) is 5.89. The highest BCUT2D eigenvalue weighted by Gasteiger charge is 2.26. The highest BCUT2D eigenvalue weighted by molar-refractivity contribution is 5.78. The van der Waals surface area contributed by atoms with Gasteiger partial charge in [0.15, 0.2) is 0 Å². The molecule has 1 aromatic heterocycles. The molecule has 0 bridgehead atoms. The molecule has 1 atom stereocenters. The number of nitrogens with zero attached hydrogens (tertiary/aromatic N) is 3. The lowest BCUT2D eigenvalue weighted by Gasteiger charge is -2.36. The average molecular weight is 386 g/mol. The predicted octanol–water partition coefficient (Wildman–Crippen LogP) is 4.26. The van der Waals surface area contributed by atoms with Gasteiger partial charge in [-0.15, -0.1) is 0 Å². The minimum Gasteiger partial charge on any atom is -0.368 e. The summed E-state index contributed by atoms with van der Waals surface area (Å²) in [5.41, 5.74) is 4.85. The van der Waals surface area contributed by atoms with Crippen LogP contribution < -0.4 is 4.90 Å². The van der Waals surface area contributed by atoms with Gasteiger partial charge < -0.3 is 9.80 Å². The van der Waals surface area contributed by atoms with Gasteiger partial charge in [0, 0.05) is 56.6 Å². The second-order valence-electron chi connectivity index (χ2n) is 7.60. The van der Waals surface area contributed by atoms with Crippen molar-refractivity contribution in [2.24, 2.45) is 0 Å². The second kappa shape index (κ2) is 8.91. The molecule has 4 rings (SSSR count). The van der Waals surface area contributed by atoms with Crippen LogP contribution in [0.5, 0.6) is 0 Å². The first kappa shape index (κ1) is 19.2. The van der Waals surface area contributed by atoms with Gasteiger partial charge in [0.05, 0.1) is 0 Å². The molecule has 1 saturated heterocycles. The lowest BCUT2D eigenvalue weighted by Crippen LogP contribution is -2.49. The molecule has 29 heavy (non-hydrogen) atoms. The first-order valence-corrected chi connectivity index (χ1v) is 10.3. The van der Waals surface area contributed by atoms with Crippen LogP contribution in [-0.2, 0) is 4.79 Å². The SMILES string of the molecule is Cc1ccccc1[C@@H](CC(=O)N1CCN(c2ccncc2)CC1)c1ccccc1. The van der Waals surface area contributed by atoms with Crippen molar-refractivity contribution >= 4 is 11.6 Å². The molecule has 1 fully saturated rings. The van der Waals surface area contributed by atoms with Crippen molar-refractivity contribution in [3.63, 3.8) is 0 Å². The van der Waals surface area contributed by atoms with E-state index < -0.39 is 0 Å². The standard InChI is InChI=1S/C25H27N3O/c1-20-7-5-6-10-23(20)24(21-8-3-2-4-9-21)19-25(29)28-17-15-27(16-18-28)22-11-13-26-14-12-22/h2-14,24H,15-19H2,1H3/t24-/m0/s1. The summed E-state index contributed by atoms with van der Waals surface area (Å²) >= 11 is 0. The van der Waals surface area contributed by atoms with E-state index in [2.05, 4.69) is 65.3 Å². The smallest absolute Gasteiger partial charge is 0.223 e. The topological polar surface area (TPSA) is 36.4 Å². The summed E-state index contributed by atoms with van der Waals surface area (Å²) in [6, 6.07) is 22.9. The van der Waals surface area contributed by atoms with E-state index in [9.17, 15) is 4.79 Å². The molecule has 1 aliphatic rings. The molecule has 0 N–H and O–H groups in total. The third kappa shape index (κ3) is 4.48. The number of hydrogen-bond acceptors (Lipinski definition) is 3. The van der Waals surface area contributed by atoms with E-state index in [0.717, 1.165) is 26.2 Å². The molecule has 1 amide bonds. The Morgan fingerprint density at radius 3 is 2.24 bits per heavy atom. The van der Waals surface area contributed by atoms with Gasteiger partial charge in [-0.1, -0.05) is 54.6 Å². The third-order valence-electron chi connectivity index (χ3n) is 5.80. The number of aryl methyl sites for hydroxylation is 1. The third-order valence-corrected chi connectivity index (χ3v) is 5.80. The summed E-state index contributed by atoms with van der Waals surface area (Å²) < 4.78 is 0. The highest BCUT2D eigenvalue weighted by Crippen LogP contribution is 2.31. The van der Waals surface area contributed by atoms with E-state index in [4.69, 9.17) is 0 Å². The molecule has 1 aliphatic heterocycles. The highest BCUT2D eigenvalue weighted by atomic mass is 16.2. The van der Waals surface area contributed by atoms with Crippen LogP contribution in [0.15, 0.2) is 79.1 Å². The minimum atomic E-state index is 0.0862. The molecule has 0 aliphatic carbocycles. The number of piperazine rings is 1. The van der Waals surface area contributed by atoms with E-state index in [1.165, 1.54) is 22.4 Å². The molecule has 4 nitrogen and oxygen atoms in total. The van der Waals surface area contributed by atoms with Crippen LogP contribution in [0.1, 0.15) is 29.0 Å². The number of hydrogen-bond donors (Lipinski definition) is 0. The maximum Gasteiger partial charge on any atom is 0.223 e. The molecule has 0 saturated carbocycles. The van der Waals surface area contributed by atoms with Crippen LogP contribution >= 0.6 is 0 Å². The monoisotopic (exact) mass is 385 g/mol. The van der Waals surface area contributed by atoms with E-state index in [1.54, 1.807) is 0 Å². The van der Waals surface area contributed by atoms with Gasteiger partial charge in [-0.25, -0.2) is 0 Å². The number of anilines is 1. The zero-order valence-corrected chi connectivity index (χ0v) is 16.9. The zero-order valence-electron chi connectivity index (χ0n) is 16.9. The van der Waals surface area contributed by atoms with E-state index in [0.29, 0.717) is 6.42 Å². The number of pyridine rings is 1. The van der Waals surface area contributed by atoms with E-state index in [-0.39, 0.29) is 11.8 Å². The van der Waals surface area contributed by atoms with Gasteiger partial charge in [-0.05, 0) is 35.7 Å². The van der Waals surface area contributed by atoms with Crippen LogP contribution in [0.3, 0.4) is 0 Å². The van der Waals surface area contributed by atoms with Crippen LogP contribution in [0.4, 0.5) is 5.69 Å². The molecule has 2 aromatic carbocycles. The molecular weight excluding hydrogens is 358 g/mol. The fourth-order valence-electron chi connectivity index (χ4n) is 4.14. The lowest BCUT2D eigenvalue weighted by molar-refractivity contribution is -0.131. The number of rotatable bonds is 5. The Bertz CT molecular complexity index is 935. The fourth-order valence-corrected chi connectivity index (χ4v) is 4.14. The molecule has 148 valence electrons. The van der Waals surface area contributed by atoms with E-state index in [1.807, 2.05) is 35.5 Å². The summed E-state index contributed by atoms with van der Waals surface area (Å²) in [7, 11) is 0. The molecule has 0 unspecified atom stereocenters. The molecule has 2 heterocycles. The number of carbonyl (C=O) groups is 1. The van der Waals surface area contributed by atoms with Gasteiger partial charge >= 0.3 is 0 Å². The van der Waals surface area contributed by atoms with Crippen molar-refractivity contribution in [1.82, 2.24) is 9.88 Å².